The number of carbonyl (C=O) groups excluding carboxylic acids is 1. The van der Waals surface area contributed by atoms with Crippen molar-refractivity contribution in [3.05, 3.63) is 64.3 Å². The first-order chi connectivity index (χ1) is 24.3. The monoisotopic (exact) mass is 728 g/mol. The van der Waals surface area contributed by atoms with E-state index in [1.165, 1.54) is 11.3 Å². The fraction of sp³-hybridized carbons (Fsp3) is 0.462. The highest BCUT2D eigenvalue weighted by molar-refractivity contribution is 7.22. The highest BCUT2D eigenvalue weighted by Gasteiger charge is 2.37. The van der Waals surface area contributed by atoms with Gasteiger partial charge in [-0.25, -0.2) is 14.8 Å². The summed E-state index contributed by atoms with van der Waals surface area (Å²) < 4.78 is 9.10. The van der Waals surface area contributed by atoms with E-state index >= 15 is 0 Å². The lowest BCUT2D eigenvalue weighted by Gasteiger charge is -2.47. The number of rotatable bonds is 9. The Kier molecular flexibility index (Phi) is 9.68. The molecule has 1 atom stereocenters. The van der Waals surface area contributed by atoms with Crippen LogP contribution in [0.3, 0.4) is 0 Å². The summed E-state index contributed by atoms with van der Waals surface area (Å²) in [6.45, 7) is 15.9. The molecule has 2 aliphatic heterocycles. The van der Waals surface area contributed by atoms with Gasteiger partial charge in [0.25, 0.3) is 0 Å². The highest BCUT2D eigenvalue weighted by Crippen LogP contribution is 2.45. The zero-order valence-corrected chi connectivity index (χ0v) is 31.6. The average molecular weight is 729 g/mol. The number of amides is 1. The van der Waals surface area contributed by atoms with Gasteiger partial charge in [-0.15, -0.1) is 11.3 Å². The molecule has 5 heterocycles. The number of carbonyl (C=O) groups is 2. The van der Waals surface area contributed by atoms with E-state index in [1.54, 1.807) is 0 Å². The molecule has 10 nitrogen and oxygen atoms in total. The van der Waals surface area contributed by atoms with Gasteiger partial charge in [-0.2, -0.15) is 5.10 Å². The second-order valence-corrected chi connectivity index (χ2v) is 16.1. The highest BCUT2D eigenvalue weighted by atomic mass is 35.5. The van der Waals surface area contributed by atoms with Gasteiger partial charge in [0.05, 0.1) is 32.7 Å². The Labute approximate surface area is 307 Å². The molecule has 0 saturated carbocycles. The molecule has 3 aromatic heterocycles. The molecule has 0 aliphatic carbocycles. The number of halogens is 1. The third kappa shape index (κ3) is 6.89. The smallest absolute Gasteiger partial charge is 0.337 e. The van der Waals surface area contributed by atoms with Crippen molar-refractivity contribution in [3.8, 4) is 21.8 Å². The number of pyridine rings is 1. The Hall–Kier alpha value is -3.90. The van der Waals surface area contributed by atoms with E-state index in [1.807, 2.05) is 80.6 Å². The van der Waals surface area contributed by atoms with Gasteiger partial charge in [0.1, 0.15) is 10.5 Å². The van der Waals surface area contributed by atoms with Gasteiger partial charge in [-0.05, 0) is 102 Å². The van der Waals surface area contributed by atoms with Crippen LogP contribution >= 0.6 is 22.9 Å². The number of likely N-dealkylation sites (tertiary alicyclic amines) is 2. The summed E-state index contributed by atoms with van der Waals surface area (Å²) in [6, 6.07) is 14.0. The number of nitrogens with zero attached hydrogens (tertiary/aromatic N) is 6. The maximum atomic E-state index is 12.8. The molecule has 1 amide bonds. The van der Waals surface area contributed by atoms with Crippen molar-refractivity contribution in [2.75, 3.05) is 26.2 Å². The van der Waals surface area contributed by atoms with E-state index in [-0.39, 0.29) is 5.91 Å². The Bertz CT molecular complexity index is 2110. The molecule has 2 aliphatic rings. The summed E-state index contributed by atoms with van der Waals surface area (Å²) in [4.78, 5) is 39.7. The van der Waals surface area contributed by atoms with Crippen molar-refractivity contribution in [3.63, 3.8) is 0 Å². The molecule has 0 bridgehead atoms. The van der Waals surface area contributed by atoms with Crippen LogP contribution in [0.15, 0.2) is 42.5 Å². The first kappa shape index (κ1) is 35.5. The number of benzene rings is 2. The summed E-state index contributed by atoms with van der Waals surface area (Å²) in [5, 5.41) is 16.9. The predicted octanol–water partition coefficient (Wildman–Crippen LogP) is 8.10. The van der Waals surface area contributed by atoms with Gasteiger partial charge in [0, 0.05) is 54.2 Å². The zero-order chi connectivity index (χ0) is 36.2. The van der Waals surface area contributed by atoms with Gasteiger partial charge in [0.2, 0.25) is 5.91 Å². The van der Waals surface area contributed by atoms with Crippen molar-refractivity contribution < 1.29 is 19.4 Å². The Morgan fingerprint density at radius 2 is 1.76 bits per heavy atom. The minimum Gasteiger partial charge on any atom is -0.479 e. The number of hydrogen-bond acceptors (Lipinski definition) is 8. The van der Waals surface area contributed by atoms with Crippen LogP contribution in [0.4, 0.5) is 0 Å². The number of thiazole rings is 1. The number of fused-ring (bicyclic) bond motifs is 2. The number of piperidine rings is 1. The van der Waals surface area contributed by atoms with Crippen LogP contribution in [0.2, 0.25) is 5.02 Å². The molecular weight excluding hydrogens is 684 g/mol. The number of aromatic nitrogens is 4. The molecule has 2 aromatic carbocycles. The van der Waals surface area contributed by atoms with Crippen molar-refractivity contribution in [2.24, 2.45) is 0 Å². The molecule has 51 heavy (non-hydrogen) atoms. The first-order valence-electron chi connectivity index (χ1n) is 17.8. The Balaban J connectivity index is 1.26. The topological polar surface area (TPSA) is 114 Å². The lowest BCUT2D eigenvalue weighted by molar-refractivity contribution is -0.160. The second-order valence-electron chi connectivity index (χ2n) is 14.7. The fourth-order valence-corrected chi connectivity index (χ4v) is 8.74. The molecule has 0 radical (unpaired) electrons. The van der Waals surface area contributed by atoms with Crippen LogP contribution in [-0.4, -0.2) is 84.4 Å². The normalized spacial score (nSPS) is 17.0. The number of ether oxygens (including phenoxy) is 1. The molecular formula is C39H45ClN6O4S. The van der Waals surface area contributed by atoms with E-state index in [2.05, 4.69) is 17.9 Å². The van der Waals surface area contributed by atoms with Crippen molar-refractivity contribution in [1.82, 2.24) is 29.5 Å². The summed E-state index contributed by atoms with van der Waals surface area (Å²) in [5.74, 6) is -0.517. The summed E-state index contributed by atoms with van der Waals surface area (Å²) in [7, 11) is 0. The number of carboxylic acids is 1. The molecule has 2 saturated heterocycles. The number of aryl methyl sites for hydroxylation is 2. The first-order valence-corrected chi connectivity index (χ1v) is 19.0. The largest absolute Gasteiger partial charge is 0.479 e. The molecule has 1 N–H and O–H groups in total. The SMILES string of the molecule is CCC(=O)N1CC(N2CCC(c3nn(CC)c4ccc(-c5nc6cc(C)c([C@H](OC(C)(C)C)C(=O)O)c(-c7ccc(Cl)cc7)c6s5)nc34)CC2)C1. The van der Waals surface area contributed by atoms with Gasteiger partial charge < -0.3 is 14.7 Å². The minimum absolute atomic E-state index is 0.239. The van der Waals surface area contributed by atoms with Crippen LogP contribution < -0.4 is 0 Å². The average Bonchev–Trinajstić information content (AvgIpc) is 3.67. The lowest BCUT2D eigenvalue weighted by atomic mass is 9.91. The zero-order valence-electron chi connectivity index (χ0n) is 30.1. The van der Waals surface area contributed by atoms with E-state index in [9.17, 15) is 14.7 Å². The molecule has 0 spiro atoms. The standard InChI is InChI=1S/C39H45ClN6O4S/c1-7-30(47)45-20-26(21-45)44-17-15-24(16-18-44)33-34-29(46(8-2)43-33)14-13-27(41-34)37-42-28-19-22(3)31(35(38(48)49)50-39(4,5)6)32(36(28)51-37)23-9-11-25(40)12-10-23/h9-14,19,24,26,35H,7-8,15-18,20-21H2,1-6H3,(H,48,49)/t35-/m0/s1. The molecule has 268 valence electrons. The van der Waals surface area contributed by atoms with Crippen LogP contribution in [-0.2, 0) is 20.9 Å². The number of aliphatic carboxylic acids is 1. The van der Waals surface area contributed by atoms with Crippen molar-refractivity contribution in [2.45, 2.75) is 91.0 Å². The third-order valence-electron chi connectivity index (χ3n) is 10.1. The van der Waals surface area contributed by atoms with Crippen molar-refractivity contribution >= 4 is 56.1 Å². The molecule has 2 fully saturated rings. The number of hydrogen-bond donors (Lipinski definition) is 1. The molecule has 0 unspecified atom stereocenters. The van der Waals surface area contributed by atoms with E-state index in [0.717, 1.165) is 99.9 Å². The van der Waals surface area contributed by atoms with Crippen LogP contribution in [0.5, 0.6) is 0 Å². The van der Waals surface area contributed by atoms with E-state index in [0.29, 0.717) is 29.0 Å². The molecule has 12 heteroatoms. The molecule has 5 aromatic rings. The Morgan fingerprint density at radius 3 is 2.39 bits per heavy atom. The Morgan fingerprint density at radius 1 is 1.06 bits per heavy atom. The van der Waals surface area contributed by atoms with Crippen LogP contribution in [0.25, 0.3) is 43.1 Å². The van der Waals surface area contributed by atoms with Gasteiger partial charge >= 0.3 is 5.97 Å². The maximum Gasteiger partial charge on any atom is 0.337 e. The minimum atomic E-state index is -1.18. The van der Waals surface area contributed by atoms with Crippen LogP contribution in [0, 0.1) is 6.92 Å². The fourth-order valence-electron chi connectivity index (χ4n) is 7.51. The number of carboxylic acid groups (broad SMARTS) is 1. The summed E-state index contributed by atoms with van der Waals surface area (Å²) in [5.41, 5.74) is 6.82. The van der Waals surface area contributed by atoms with Crippen LogP contribution in [0.1, 0.15) is 82.7 Å². The molecule has 7 rings (SSSR count). The quantitative estimate of drug-likeness (QED) is 0.162. The predicted molar refractivity (Wildman–Crippen MR) is 202 cm³/mol. The second kappa shape index (κ2) is 13.9. The van der Waals surface area contributed by atoms with Gasteiger partial charge in [0.15, 0.2) is 6.10 Å². The third-order valence-corrected chi connectivity index (χ3v) is 11.5. The lowest BCUT2D eigenvalue weighted by Crippen LogP contribution is -2.62. The summed E-state index contributed by atoms with van der Waals surface area (Å²) >= 11 is 7.80. The van der Waals surface area contributed by atoms with Gasteiger partial charge in [-0.3, -0.25) is 14.4 Å². The van der Waals surface area contributed by atoms with Crippen molar-refractivity contribution in [1.29, 1.82) is 0 Å². The maximum absolute atomic E-state index is 12.8. The van der Waals surface area contributed by atoms with E-state index < -0.39 is 17.7 Å². The van der Waals surface area contributed by atoms with E-state index in [4.69, 9.17) is 31.4 Å². The summed E-state index contributed by atoms with van der Waals surface area (Å²) in [6.07, 6.45) is 1.37. The van der Waals surface area contributed by atoms with Gasteiger partial charge in [-0.1, -0.05) is 30.7 Å².